The largest absolute Gasteiger partial charge is 0.435 e. The van der Waals surface area contributed by atoms with Gasteiger partial charge in [0.15, 0.2) is 23.1 Å². The van der Waals surface area contributed by atoms with E-state index in [-0.39, 0.29) is 0 Å². The van der Waals surface area contributed by atoms with Crippen LogP contribution >= 0.6 is 11.3 Å². The van der Waals surface area contributed by atoms with Crippen molar-refractivity contribution in [2.24, 2.45) is 0 Å². The lowest BCUT2D eigenvalue weighted by molar-refractivity contribution is 0.621. The third-order valence-electron chi connectivity index (χ3n) is 8.17. The second-order valence-electron chi connectivity index (χ2n) is 11.1. The molecule has 0 saturated heterocycles. The summed E-state index contributed by atoms with van der Waals surface area (Å²) in [5.41, 5.74) is 7.45. The van der Waals surface area contributed by atoms with Crippen LogP contribution < -0.4 is 0 Å². The molecule has 0 spiro atoms. The topological polar surface area (TPSA) is 64.7 Å². The van der Waals surface area contributed by atoms with Gasteiger partial charge in [0, 0.05) is 48.0 Å². The molecule has 0 saturated carbocycles. The highest BCUT2D eigenvalue weighted by molar-refractivity contribution is 7.26. The number of fused-ring (bicyclic) bond motifs is 4. The van der Waals surface area contributed by atoms with Crippen molar-refractivity contribution in [3.8, 4) is 56.7 Å². The molecule has 9 rings (SSSR count). The van der Waals surface area contributed by atoms with Gasteiger partial charge in [-0.15, -0.1) is 11.3 Å². The van der Waals surface area contributed by atoms with E-state index in [1.807, 2.05) is 91.0 Å². The average Bonchev–Trinajstić information content (AvgIpc) is 3.73. The predicted octanol–water partition coefficient (Wildman–Crippen LogP) is 10.7. The smallest absolute Gasteiger partial charge is 0.227 e. The Morgan fingerprint density at radius 1 is 0.435 bits per heavy atom. The van der Waals surface area contributed by atoms with Gasteiger partial charge in [0.05, 0.1) is 0 Å². The molecule has 3 aromatic heterocycles. The second kappa shape index (κ2) is 10.9. The lowest BCUT2D eigenvalue weighted by Gasteiger charge is -2.09. The van der Waals surface area contributed by atoms with E-state index in [1.54, 1.807) is 11.3 Å². The molecule has 0 N–H and O–H groups in total. The number of rotatable bonds is 5. The molecule has 3 heterocycles. The summed E-state index contributed by atoms with van der Waals surface area (Å²) in [5, 5.41) is 2.40. The summed E-state index contributed by atoms with van der Waals surface area (Å²) in [6.07, 6.45) is 0. The molecule has 0 amide bonds. The lowest BCUT2D eigenvalue weighted by Crippen LogP contribution is -2.00. The van der Waals surface area contributed by atoms with Crippen molar-refractivity contribution < 1.29 is 4.42 Å². The Kier molecular flexibility index (Phi) is 6.25. The fourth-order valence-corrected chi connectivity index (χ4v) is 7.18. The summed E-state index contributed by atoms with van der Waals surface area (Å²) in [6, 6.07) is 49.3. The Hall–Kier alpha value is -5.98. The molecule has 9 aromatic rings. The van der Waals surface area contributed by atoms with Gasteiger partial charge in [0.25, 0.3) is 0 Å². The Morgan fingerprint density at radius 3 is 1.54 bits per heavy atom. The summed E-state index contributed by atoms with van der Waals surface area (Å²) in [7, 11) is 0. The van der Waals surface area contributed by atoms with Crippen molar-refractivity contribution in [1.82, 2.24) is 19.9 Å². The first-order valence-corrected chi connectivity index (χ1v) is 15.9. The summed E-state index contributed by atoms with van der Waals surface area (Å²) in [4.78, 5) is 19.6. The van der Waals surface area contributed by atoms with Gasteiger partial charge in [-0.2, -0.15) is 0 Å². The standard InChI is InChI=1S/C40H24N4OS/c1-4-12-26(13-5-1)37-42-38(27-14-6-2-7-15-27)44-39(43-37)28-22-20-25(21-23-28)34-35-32(41-40(45-35)29-16-8-3-9-17-29)24-31-30-18-10-11-19-33(30)46-36(31)34/h1-24H. The number of hydrogen-bond acceptors (Lipinski definition) is 6. The van der Waals surface area contributed by atoms with E-state index in [2.05, 4.69) is 54.6 Å². The molecule has 0 aliphatic rings. The van der Waals surface area contributed by atoms with Crippen molar-refractivity contribution in [1.29, 1.82) is 0 Å². The number of aromatic nitrogens is 4. The molecule has 0 radical (unpaired) electrons. The molecule has 216 valence electrons. The number of hydrogen-bond donors (Lipinski definition) is 0. The number of thiophene rings is 1. The highest BCUT2D eigenvalue weighted by Gasteiger charge is 2.20. The van der Waals surface area contributed by atoms with Crippen molar-refractivity contribution in [2.45, 2.75) is 0 Å². The van der Waals surface area contributed by atoms with Crippen molar-refractivity contribution in [2.75, 3.05) is 0 Å². The monoisotopic (exact) mass is 608 g/mol. The molecule has 0 bridgehead atoms. The molecule has 0 aliphatic carbocycles. The Bertz CT molecular complexity index is 2450. The van der Waals surface area contributed by atoms with Gasteiger partial charge in [-0.1, -0.05) is 121 Å². The van der Waals surface area contributed by atoms with Gasteiger partial charge in [-0.05, 0) is 29.8 Å². The molecule has 5 nitrogen and oxygen atoms in total. The molecule has 0 unspecified atom stereocenters. The van der Waals surface area contributed by atoms with Gasteiger partial charge in [-0.3, -0.25) is 0 Å². The Labute approximate surface area is 268 Å². The molecular formula is C40H24N4OS. The van der Waals surface area contributed by atoms with Crippen molar-refractivity contribution >= 4 is 42.6 Å². The van der Waals surface area contributed by atoms with E-state index in [0.717, 1.165) is 44.5 Å². The SMILES string of the molecule is c1ccc(-c2nc(-c3ccccc3)nc(-c3ccc(-c4c5oc(-c6ccccc6)nc5cc5c4sc4ccccc45)cc3)n2)cc1. The molecular weight excluding hydrogens is 585 g/mol. The third-order valence-corrected chi connectivity index (χ3v) is 9.38. The Morgan fingerprint density at radius 2 is 0.935 bits per heavy atom. The zero-order valence-corrected chi connectivity index (χ0v) is 25.3. The van der Waals surface area contributed by atoms with Crippen LogP contribution in [0.3, 0.4) is 0 Å². The van der Waals surface area contributed by atoms with Crippen LogP contribution in [0.2, 0.25) is 0 Å². The average molecular weight is 609 g/mol. The van der Waals surface area contributed by atoms with Crippen LogP contribution in [0.25, 0.3) is 88.0 Å². The van der Waals surface area contributed by atoms with Gasteiger partial charge in [0.1, 0.15) is 5.52 Å². The molecule has 0 fully saturated rings. The van der Waals surface area contributed by atoms with E-state index in [4.69, 9.17) is 24.4 Å². The van der Waals surface area contributed by atoms with Gasteiger partial charge in [0.2, 0.25) is 5.89 Å². The molecule has 0 atom stereocenters. The van der Waals surface area contributed by atoms with Crippen LogP contribution in [0, 0.1) is 0 Å². The minimum atomic E-state index is 0.613. The van der Waals surface area contributed by atoms with Crippen LogP contribution in [-0.4, -0.2) is 19.9 Å². The number of benzene rings is 6. The number of nitrogens with zero attached hydrogens (tertiary/aromatic N) is 4. The van der Waals surface area contributed by atoms with Crippen LogP contribution in [0.4, 0.5) is 0 Å². The zero-order chi connectivity index (χ0) is 30.5. The summed E-state index contributed by atoms with van der Waals surface area (Å²) in [6.45, 7) is 0. The maximum atomic E-state index is 6.55. The van der Waals surface area contributed by atoms with Crippen LogP contribution in [-0.2, 0) is 0 Å². The normalized spacial score (nSPS) is 11.5. The van der Waals surface area contributed by atoms with E-state index < -0.39 is 0 Å². The minimum absolute atomic E-state index is 0.613. The first-order valence-electron chi connectivity index (χ1n) is 15.1. The van der Waals surface area contributed by atoms with E-state index in [9.17, 15) is 0 Å². The first kappa shape index (κ1) is 26.4. The van der Waals surface area contributed by atoms with Crippen molar-refractivity contribution in [3.63, 3.8) is 0 Å². The fourth-order valence-electron chi connectivity index (χ4n) is 5.93. The second-order valence-corrected chi connectivity index (χ2v) is 12.1. The minimum Gasteiger partial charge on any atom is -0.435 e. The molecule has 0 aliphatic heterocycles. The lowest BCUT2D eigenvalue weighted by atomic mass is 10.00. The Balaban J connectivity index is 1.22. The van der Waals surface area contributed by atoms with E-state index >= 15 is 0 Å². The van der Waals surface area contributed by atoms with Gasteiger partial charge in [-0.25, -0.2) is 19.9 Å². The summed E-state index contributed by atoms with van der Waals surface area (Å²) < 4.78 is 8.96. The zero-order valence-electron chi connectivity index (χ0n) is 24.5. The molecule has 6 heteroatoms. The van der Waals surface area contributed by atoms with Crippen LogP contribution in [0.1, 0.15) is 0 Å². The van der Waals surface area contributed by atoms with E-state index in [0.29, 0.717) is 23.4 Å². The summed E-state index contributed by atoms with van der Waals surface area (Å²) in [5.74, 6) is 2.51. The quantitative estimate of drug-likeness (QED) is 0.194. The maximum Gasteiger partial charge on any atom is 0.227 e. The fraction of sp³-hybridized carbons (Fsp3) is 0. The highest BCUT2D eigenvalue weighted by Crippen LogP contribution is 2.45. The summed E-state index contributed by atoms with van der Waals surface area (Å²) >= 11 is 1.78. The number of oxazole rings is 1. The third kappa shape index (κ3) is 4.55. The van der Waals surface area contributed by atoms with Gasteiger partial charge >= 0.3 is 0 Å². The molecule has 6 aromatic carbocycles. The first-order chi connectivity index (χ1) is 22.8. The predicted molar refractivity (Wildman–Crippen MR) is 187 cm³/mol. The maximum absolute atomic E-state index is 6.55. The molecule has 46 heavy (non-hydrogen) atoms. The van der Waals surface area contributed by atoms with Gasteiger partial charge < -0.3 is 4.42 Å². The van der Waals surface area contributed by atoms with E-state index in [1.165, 1.54) is 20.2 Å². The van der Waals surface area contributed by atoms with Crippen LogP contribution in [0.5, 0.6) is 0 Å². The van der Waals surface area contributed by atoms with Crippen molar-refractivity contribution in [3.05, 3.63) is 146 Å². The highest BCUT2D eigenvalue weighted by atomic mass is 32.1. The van der Waals surface area contributed by atoms with Crippen LogP contribution in [0.15, 0.2) is 150 Å².